The SMILES string of the molecule is CCc1nc2c(OC)cccn2c1C(=O)Nc1cccc([N+](=O)[O-])c1. The molecule has 0 saturated heterocycles. The van der Waals surface area contributed by atoms with Gasteiger partial charge in [-0.25, -0.2) is 4.98 Å². The largest absolute Gasteiger partial charge is 0.493 e. The Labute approximate surface area is 143 Å². The fourth-order valence-corrected chi connectivity index (χ4v) is 2.62. The maximum absolute atomic E-state index is 12.8. The van der Waals surface area contributed by atoms with E-state index < -0.39 is 10.8 Å². The van der Waals surface area contributed by atoms with Crippen LogP contribution >= 0.6 is 0 Å². The first-order valence-corrected chi connectivity index (χ1v) is 7.65. The van der Waals surface area contributed by atoms with Crippen LogP contribution in [-0.2, 0) is 6.42 Å². The molecule has 0 saturated carbocycles. The maximum Gasteiger partial charge on any atom is 0.274 e. The first kappa shape index (κ1) is 16.4. The fraction of sp³-hybridized carbons (Fsp3) is 0.176. The lowest BCUT2D eigenvalue weighted by molar-refractivity contribution is -0.384. The summed E-state index contributed by atoms with van der Waals surface area (Å²) in [6.45, 7) is 1.90. The first-order chi connectivity index (χ1) is 12.0. The molecular weight excluding hydrogens is 324 g/mol. The van der Waals surface area contributed by atoms with Crippen LogP contribution in [0.1, 0.15) is 23.1 Å². The number of amides is 1. The number of nitrogens with one attached hydrogen (secondary N) is 1. The molecule has 2 heterocycles. The van der Waals surface area contributed by atoms with Gasteiger partial charge in [0, 0.05) is 24.0 Å². The van der Waals surface area contributed by atoms with Crippen molar-refractivity contribution in [3.8, 4) is 5.75 Å². The van der Waals surface area contributed by atoms with Crippen LogP contribution in [0.5, 0.6) is 5.75 Å². The van der Waals surface area contributed by atoms with E-state index in [1.807, 2.05) is 6.92 Å². The van der Waals surface area contributed by atoms with Crippen LogP contribution in [0.2, 0.25) is 0 Å². The Hall–Kier alpha value is -3.42. The summed E-state index contributed by atoms with van der Waals surface area (Å²) >= 11 is 0. The van der Waals surface area contributed by atoms with Crippen molar-refractivity contribution < 1.29 is 14.5 Å². The summed E-state index contributed by atoms with van der Waals surface area (Å²) in [5.41, 5.74) is 1.80. The number of fused-ring (bicyclic) bond motifs is 1. The van der Waals surface area contributed by atoms with E-state index in [9.17, 15) is 14.9 Å². The van der Waals surface area contributed by atoms with Crippen molar-refractivity contribution in [2.24, 2.45) is 0 Å². The molecule has 0 atom stereocenters. The third-order valence-electron chi connectivity index (χ3n) is 3.77. The van der Waals surface area contributed by atoms with Crippen LogP contribution < -0.4 is 10.1 Å². The van der Waals surface area contributed by atoms with Gasteiger partial charge in [-0.1, -0.05) is 13.0 Å². The number of rotatable bonds is 5. The number of imidazole rings is 1. The van der Waals surface area contributed by atoms with E-state index in [2.05, 4.69) is 10.3 Å². The highest BCUT2D eigenvalue weighted by Gasteiger charge is 2.20. The quantitative estimate of drug-likeness (QED) is 0.568. The zero-order chi connectivity index (χ0) is 18.0. The molecule has 0 fully saturated rings. The molecule has 0 aliphatic heterocycles. The van der Waals surface area contributed by atoms with Gasteiger partial charge in [0.1, 0.15) is 5.69 Å². The standard InChI is InChI=1S/C17H16N4O4/c1-3-13-15(20-9-5-8-14(25-2)16(20)19-13)17(22)18-11-6-4-7-12(10-11)21(23)24/h4-10H,3H2,1-2H3,(H,18,22). The second-order valence-electron chi connectivity index (χ2n) is 5.29. The highest BCUT2D eigenvalue weighted by atomic mass is 16.6. The number of pyridine rings is 1. The third kappa shape index (κ3) is 3.01. The van der Waals surface area contributed by atoms with E-state index in [0.29, 0.717) is 34.9 Å². The summed E-state index contributed by atoms with van der Waals surface area (Å²) in [7, 11) is 1.54. The number of non-ortho nitro benzene ring substituents is 1. The number of aromatic nitrogens is 2. The Morgan fingerprint density at radius 1 is 1.36 bits per heavy atom. The average molecular weight is 340 g/mol. The van der Waals surface area contributed by atoms with Crippen LogP contribution in [0.15, 0.2) is 42.6 Å². The van der Waals surface area contributed by atoms with Crippen LogP contribution in [-0.4, -0.2) is 27.3 Å². The Morgan fingerprint density at radius 2 is 2.16 bits per heavy atom. The number of methoxy groups -OCH3 is 1. The van der Waals surface area contributed by atoms with Crippen LogP contribution in [0.3, 0.4) is 0 Å². The molecular formula is C17H16N4O4. The van der Waals surface area contributed by atoms with Gasteiger partial charge in [-0.2, -0.15) is 0 Å². The molecule has 0 bridgehead atoms. The molecule has 128 valence electrons. The molecule has 0 aliphatic carbocycles. The first-order valence-electron chi connectivity index (χ1n) is 7.65. The Bertz CT molecular complexity index is 964. The molecule has 3 aromatic rings. The van der Waals surface area contributed by atoms with Crippen molar-refractivity contribution in [2.45, 2.75) is 13.3 Å². The highest BCUT2D eigenvalue weighted by molar-refractivity contribution is 6.04. The summed E-state index contributed by atoms with van der Waals surface area (Å²) in [6, 6.07) is 9.33. The van der Waals surface area contributed by atoms with E-state index >= 15 is 0 Å². The van der Waals surface area contributed by atoms with Crippen molar-refractivity contribution in [2.75, 3.05) is 12.4 Å². The number of nitro benzene ring substituents is 1. The molecule has 8 nitrogen and oxygen atoms in total. The lowest BCUT2D eigenvalue weighted by atomic mass is 10.2. The van der Waals surface area contributed by atoms with Gasteiger partial charge in [0.2, 0.25) is 0 Å². The van der Waals surface area contributed by atoms with Crippen LogP contribution in [0.25, 0.3) is 5.65 Å². The Balaban J connectivity index is 2.02. The minimum absolute atomic E-state index is 0.0895. The zero-order valence-corrected chi connectivity index (χ0v) is 13.7. The van der Waals surface area contributed by atoms with Crippen LogP contribution in [0, 0.1) is 10.1 Å². The van der Waals surface area contributed by atoms with Crippen molar-refractivity contribution >= 4 is 22.9 Å². The summed E-state index contributed by atoms with van der Waals surface area (Å²) < 4.78 is 6.95. The van der Waals surface area contributed by atoms with Crippen molar-refractivity contribution in [3.63, 3.8) is 0 Å². The zero-order valence-electron chi connectivity index (χ0n) is 13.7. The molecule has 1 amide bonds. The van der Waals surface area contributed by atoms with Gasteiger partial charge >= 0.3 is 0 Å². The monoisotopic (exact) mass is 340 g/mol. The Morgan fingerprint density at radius 3 is 2.84 bits per heavy atom. The second kappa shape index (κ2) is 6.60. The summed E-state index contributed by atoms with van der Waals surface area (Å²) in [5.74, 6) is 0.171. The molecule has 0 radical (unpaired) electrons. The third-order valence-corrected chi connectivity index (χ3v) is 3.77. The van der Waals surface area contributed by atoms with E-state index in [1.165, 1.54) is 18.2 Å². The summed E-state index contributed by atoms with van der Waals surface area (Å²) in [4.78, 5) is 27.6. The van der Waals surface area contributed by atoms with E-state index in [1.54, 1.807) is 35.9 Å². The number of carbonyl (C=O) groups excluding carboxylic acids is 1. The second-order valence-corrected chi connectivity index (χ2v) is 5.29. The normalized spacial score (nSPS) is 10.6. The van der Waals surface area contributed by atoms with Crippen molar-refractivity contribution in [3.05, 3.63) is 64.1 Å². The smallest absolute Gasteiger partial charge is 0.274 e. The van der Waals surface area contributed by atoms with E-state index in [0.717, 1.165) is 0 Å². The van der Waals surface area contributed by atoms with Crippen molar-refractivity contribution in [1.29, 1.82) is 0 Å². The fourth-order valence-electron chi connectivity index (χ4n) is 2.62. The molecule has 0 unspecified atom stereocenters. The summed E-state index contributed by atoms with van der Waals surface area (Å²) in [5, 5.41) is 13.6. The number of hydrogen-bond acceptors (Lipinski definition) is 5. The number of benzene rings is 1. The minimum atomic E-state index is -0.508. The molecule has 3 rings (SSSR count). The number of aryl methyl sites for hydroxylation is 1. The number of nitro groups is 1. The van der Waals surface area contributed by atoms with Gasteiger partial charge in [0.15, 0.2) is 11.4 Å². The number of anilines is 1. The van der Waals surface area contributed by atoms with E-state index in [-0.39, 0.29) is 5.69 Å². The van der Waals surface area contributed by atoms with Gasteiger partial charge in [0.25, 0.3) is 11.6 Å². The number of ether oxygens (including phenoxy) is 1. The molecule has 0 aliphatic rings. The van der Waals surface area contributed by atoms with Crippen molar-refractivity contribution in [1.82, 2.24) is 9.38 Å². The predicted molar refractivity (Wildman–Crippen MR) is 92.2 cm³/mol. The van der Waals surface area contributed by atoms with Gasteiger partial charge in [-0.3, -0.25) is 19.3 Å². The number of carbonyl (C=O) groups is 1. The lowest BCUT2D eigenvalue weighted by Crippen LogP contribution is -2.16. The predicted octanol–water partition coefficient (Wildman–Crippen LogP) is 3.07. The van der Waals surface area contributed by atoms with Gasteiger partial charge in [-0.05, 0) is 24.6 Å². The number of nitrogens with zero attached hydrogens (tertiary/aromatic N) is 3. The van der Waals surface area contributed by atoms with E-state index in [4.69, 9.17) is 4.74 Å². The summed E-state index contributed by atoms with van der Waals surface area (Å²) in [6.07, 6.45) is 2.29. The minimum Gasteiger partial charge on any atom is -0.493 e. The van der Waals surface area contributed by atoms with Gasteiger partial charge in [-0.15, -0.1) is 0 Å². The Kier molecular flexibility index (Phi) is 4.34. The molecule has 8 heteroatoms. The molecule has 0 spiro atoms. The lowest BCUT2D eigenvalue weighted by Gasteiger charge is -2.07. The number of hydrogen-bond donors (Lipinski definition) is 1. The molecule has 1 aromatic carbocycles. The van der Waals surface area contributed by atoms with Gasteiger partial charge in [0.05, 0.1) is 17.7 Å². The van der Waals surface area contributed by atoms with Crippen LogP contribution in [0.4, 0.5) is 11.4 Å². The maximum atomic E-state index is 12.8. The topological polar surface area (TPSA) is 98.8 Å². The highest BCUT2D eigenvalue weighted by Crippen LogP contribution is 2.24. The average Bonchev–Trinajstić information content (AvgIpc) is 3.00. The van der Waals surface area contributed by atoms with Gasteiger partial charge < -0.3 is 10.1 Å². The molecule has 2 aromatic heterocycles. The molecule has 1 N–H and O–H groups in total. The molecule has 25 heavy (non-hydrogen) atoms.